The number of nitrogens with zero attached hydrogens (tertiary/aromatic N) is 3. The topological polar surface area (TPSA) is 57.0 Å². The maximum Gasteiger partial charge on any atom is 0.433 e. The number of amides is 1. The lowest BCUT2D eigenvalue weighted by atomic mass is 9.76. The Balaban J connectivity index is 2.02. The maximum absolute atomic E-state index is 12.8. The number of pyridine rings is 1. The molecule has 24 heavy (non-hydrogen) atoms. The van der Waals surface area contributed by atoms with E-state index in [1.165, 1.54) is 11.0 Å². The van der Waals surface area contributed by atoms with Crippen molar-refractivity contribution in [1.82, 2.24) is 9.88 Å². The molecule has 0 spiro atoms. The number of aryl methyl sites for hydroxylation is 1. The fourth-order valence-electron chi connectivity index (χ4n) is 2.84. The first-order chi connectivity index (χ1) is 11.2. The van der Waals surface area contributed by atoms with Gasteiger partial charge in [-0.2, -0.15) is 18.4 Å². The van der Waals surface area contributed by atoms with E-state index in [2.05, 4.69) is 11.1 Å². The highest BCUT2D eigenvalue weighted by atomic mass is 32.1. The predicted molar refractivity (Wildman–Crippen MR) is 83.6 cm³/mol. The third-order valence-corrected chi connectivity index (χ3v) is 5.81. The summed E-state index contributed by atoms with van der Waals surface area (Å²) in [6.45, 7) is 1.69. The Morgan fingerprint density at radius 2 is 2.08 bits per heavy atom. The first kappa shape index (κ1) is 16.7. The van der Waals surface area contributed by atoms with Crippen LogP contribution >= 0.6 is 11.3 Å². The fourth-order valence-corrected chi connectivity index (χ4v) is 4.00. The molecule has 1 aliphatic rings. The van der Waals surface area contributed by atoms with Crippen molar-refractivity contribution in [3.05, 3.63) is 28.3 Å². The minimum absolute atomic E-state index is 0.179. The molecule has 1 saturated carbocycles. The lowest BCUT2D eigenvalue weighted by Crippen LogP contribution is -2.53. The molecule has 8 heteroatoms. The van der Waals surface area contributed by atoms with Crippen LogP contribution in [0, 0.1) is 18.3 Å². The summed E-state index contributed by atoms with van der Waals surface area (Å²) in [7, 11) is 1.57. The highest BCUT2D eigenvalue weighted by molar-refractivity contribution is 7.20. The number of thiophene rings is 1. The molecule has 0 unspecified atom stereocenters. The van der Waals surface area contributed by atoms with Gasteiger partial charge >= 0.3 is 6.18 Å². The quantitative estimate of drug-likeness (QED) is 0.815. The number of fused-ring (bicyclic) bond motifs is 1. The van der Waals surface area contributed by atoms with Crippen LogP contribution in [0.5, 0.6) is 0 Å². The number of nitriles is 1. The van der Waals surface area contributed by atoms with Crippen LogP contribution in [-0.2, 0) is 6.18 Å². The molecule has 2 aromatic rings. The average Bonchev–Trinajstić information content (AvgIpc) is 2.81. The molecule has 126 valence electrons. The third kappa shape index (κ3) is 2.44. The molecule has 0 bridgehead atoms. The van der Waals surface area contributed by atoms with E-state index in [0.29, 0.717) is 28.7 Å². The van der Waals surface area contributed by atoms with Gasteiger partial charge in [0.1, 0.15) is 16.1 Å². The Bertz CT molecular complexity index is 862. The van der Waals surface area contributed by atoms with E-state index < -0.39 is 17.4 Å². The Labute approximate surface area is 140 Å². The second-order valence-corrected chi connectivity index (χ2v) is 6.96. The SMILES string of the molecule is Cc1c(C(=O)N(C)C2(C#N)CCC2)sc2nc(C(F)(F)F)ccc12. The number of aromatic nitrogens is 1. The van der Waals surface area contributed by atoms with Crippen molar-refractivity contribution in [1.29, 1.82) is 5.26 Å². The Hall–Kier alpha value is -2.14. The molecule has 4 nitrogen and oxygen atoms in total. The number of halogens is 3. The number of hydrogen-bond donors (Lipinski definition) is 0. The molecule has 0 aromatic carbocycles. The van der Waals surface area contributed by atoms with E-state index >= 15 is 0 Å². The van der Waals surface area contributed by atoms with Gasteiger partial charge in [-0.1, -0.05) is 0 Å². The fraction of sp³-hybridized carbons (Fsp3) is 0.438. The molecule has 1 aliphatic carbocycles. The van der Waals surface area contributed by atoms with E-state index in [-0.39, 0.29) is 10.7 Å². The highest BCUT2D eigenvalue weighted by Gasteiger charge is 2.44. The second kappa shape index (κ2) is 5.45. The van der Waals surface area contributed by atoms with Gasteiger partial charge in [-0.15, -0.1) is 11.3 Å². The lowest BCUT2D eigenvalue weighted by molar-refractivity contribution is -0.140. The normalized spacial score (nSPS) is 16.5. The molecular formula is C16H14F3N3OS. The Kier molecular flexibility index (Phi) is 3.79. The average molecular weight is 353 g/mol. The van der Waals surface area contributed by atoms with Crippen molar-refractivity contribution in [3.63, 3.8) is 0 Å². The number of rotatable bonds is 2. The third-order valence-electron chi connectivity index (χ3n) is 4.62. The first-order valence-corrected chi connectivity index (χ1v) is 8.18. The van der Waals surface area contributed by atoms with E-state index in [4.69, 9.17) is 0 Å². The van der Waals surface area contributed by atoms with Gasteiger partial charge in [-0.25, -0.2) is 4.98 Å². The number of carbonyl (C=O) groups is 1. The molecule has 2 aromatic heterocycles. The molecule has 2 heterocycles. The number of alkyl halides is 3. The molecule has 1 fully saturated rings. The molecule has 0 radical (unpaired) electrons. The van der Waals surface area contributed by atoms with E-state index in [1.54, 1.807) is 14.0 Å². The summed E-state index contributed by atoms with van der Waals surface area (Å²) >= 11 is 0.940. The minimum Gasteiger partial charge on any atom is -0.322 e. The van der Waals surface area contributed by atoms with Crippen LogP contribution in [0.3, 0.4) is 0 Å². The zero-order valence-electron chi connectivity index (χ0n) is 13.1. The van der Waals surface area contributed by atoms with Gasteiger partial charge in [0.15, 0.2) is 0 Å². The lowest BCUT2D eigenvalue weighted by Gasteiger charge is -2.42. The van der Waals surface area contributed by atoms with Crippen LogP contribution in [-0.4, -0.2) is 28.4 Å². The van der Waals surface area contributed by atoms with Crippen LogP contribution in [0.2, 0.25) is 0 Å². The maximum atomic E-state index is 12.8. The van der Waals surface area contributed by atoms with E-state index in [1.807, 2.05) is 0 Å². The van der Waals surface area contributed by atoms with Crippen molar-refractivity contribution in [2.45, 2.75) is 37.9 Å². The zero-order valence-corrected chi connectivity index (χ0v) is 13.9. The number of carbonyl (C=O) groups excluding carboxylic acids is 1. The van der Waals surface area contributed by atoms with Gasteiger partial charge in [0.05, 0.1) is 10.9 Å². The largest absolute Gasteiger partial charge is 0.433 e. The zero-order chi connectivity index (χ0) is 17.7. The summed E-state index contributed by atoms with van der Waals surface area (Å²) in [5.74, 6) is -0.342. The molecule has 0 N–H and O–H groups in total. The molecule has 0 atom stereocenters. The van der Waals surface area contributed by atoms with Gasteiger partial charge < -0.3 is 4.90 Å². The van der Waals surface area contributed by atoms with Crippen molar-refractivity contribution in [2.24, 2.45) is 0 Å². The van der Waals surface area contributed by atoms with Gasteiger partial charge in [-0.05, 0) is 43.9 Å². The van der Waals surface area contributed by atoms with Crippen LogP contribution in [0.1, 0.15) is 40.2 Å². The summed E-state index contributed by atoms with van der Waals surface area (Å²) in [6, 6.07) is 4.46. The molecular weight excluding hydrogens is 339 g/mol. The van der Waals surface area contributed by atoms with Crippen LogP contribution in [0.15, 0.2) is 12.1 Å². The van der Waals surface area contributed by atoms with Crippen molar-refractivity contribution < 1.29 is 18.0 Å². The summed E-state index contributed by atoms with van der Waals surface area (Å²) in [4.78, 5) is 18.3. The first-order valence-electron chi connectivity index (χ1n) is 7.36. The Morgan fingerprint density at radius 3 is 2.58 bits per heavy atom. The van der Waals surface area contributed by atoms with Gasteiger partial charge in [0.25, 0.3) is 5.91 Å². The van der Waals surface area contributed by atoms with Gasteiger partial charge in [-0.3, -0.25) is 4.79 Å². The van der Waals surface area contributed by atoms with Gasteiger partial charge in [0, 0.05) is 12.4 Å². The predicted octanol–water partition coefficient (Wildman–Crippen LogP) is 4.14. The molecule has 0 aliphatic heterocycles. The van der Waals surface area contributed by atoms with Crippen molar-refractivity contribution in [3.8, 4) is 6.07 Å². The smallest absolute Gasteiger partial charge is 0.322 e. The van der Waals surface area contributed by atoms with E-state index in [9.17, 15) is 23.2 Å². The van der Waals surface area contributed by atoms with Crippen LogP contribution in [0.4, 0.5) is 13.2 Å². The number of hydrogen-bond acceptors (Lipinski definition) is 4. The molecule has 3 rings (SSSR count). The molecule has 0 saturated heterocycles. The van der Waals surface area contributed by atoms with Crippen molar-refractivity contribution in [2.75, 3.05) is 7.05 Å². The minimum atomic E-state index is -4.52. The highest BCUT2D eigenvalue weighted by Crippen LogP contribution is 2.39. The second-order valence-electron chi connectivity index (χ2n) is 5.96. The van der Waals surface area contributed by atoms with Crippen molar-refractivity contribution >= 4 is 27.5 Å². The van der Waals surface area contributed by atoms with E-state index in [0.717, 1.165) is 23.8 Å². The summed E-state index contributed by atoms with van der Waals surface area (Å²) < 4.78 is 38.4. The molecule has 1 amide bonds. The van der Waals surface area contributed by atoms with Crippen LogP contribution < -0.4 is 0 Å². The van der Waals surface area contributed by atoms with Gasteiger partial charge in [0.2, 0.25) is 0 Å². The monoisotopic (exact) mass is 353 g/mol. The standard InChI is InChI=1S/C16H14F3N3OS/c1-9-10-4-5-11(16(17,18)19)21-13(10)24-12(9)14(23)22(2)15(8-20)6-3-7-15/h4-5H,3,6-7H2,1-2H3. The summed E-state index contributed by atoms with van der Waals surface area (Å²) in [5.41, 5.74) is -1.18. The summed E-state index contributed by atoms with van der Waals surface area (Å²) in [5, 5.41) is 9.89. The Morgan fingerprint density at radius 1 is 1.42 bits per heavy atom. The summed E-state index contributed by atoms with van der Waals surface area (Å²) in [6.07, 6.45) is -2.41. The van der Waals surface area contributed by atoms with Crippen LogP contribution in [0.25, 0.3) is 10.2 Å².